The molecule has 2 N–H and O–H groups in total. The minimum atomic E-state index is -0.680. The molecule has 1 fully saturated rings. The van der Waals surface area contributed by atoms with Gasteiger partial charge in [0.15, 0.2) is 0 Å². The lowest BCUT2D eigenvalue weighted by molar-refractivity contribution is -0.142. The quantitative estimate of drug-likeness (QED) is 0.815. The molecule has 1 aromatic heterocycles. The molecule has 2 rings (SSSR count). The van der Waals surface area contributed by atoms with Crippen molar-refractivity contribution in [1.82, 2.24) is 4.98 Å². The molecule has 1 aromatic rings. The Morgan fingerprint density at radius 3 is 2.95 bits per heavy atom. The monoisotopic (exact) mass is 264 g/mol. The van der Waals surface area contributed by atoms with E-state index in [4.69, 9.17) is 10.5 Å². The van der Waals surface area contributed by atoms with Crippen molar-refractivity contribution < 1.29 is 14.3 Å². The molecule has 1 saturated carbocycles. The highest BCUT2D eigenvalue weighted by atomic mass is 16.5. The van der Waals surface area contributed by atoms with Crippen molar-refractivity contribution in [3.8, 4) is 5.88 Å². The van der Waals surface area contributed by atoms with Gasteiger partial charge in [-0.25, -0.2) is 4.98 Å². The van der Waals surface area contributed by atoms with Crippen LogP contribution in [0.3, 0.4) is 0 Å². The highest BCUT2D eigenvalue weighted by molar-refractivity contribution is 5.75. The Hall–Kier alpha value is -1.62. The number of pyridine rings is 1. The zero-order valence-corrected chi connectivity index (χ0v) is 11.2. The number of rotatable bonds is 5. The van der Waals surface area contributed by atoms with Crippen LogP contribution in [-0.2, 0) is 16.0 Å². The number of ether oxygens (including phenoxy) is 2. The molecule has 0 spiro atoms. The summed E-state index contributed by atoms with van der Waals surface area (Å²) in [5.74, 6) is 0.171. The summed E-state index contributed by atoms with van der Waals surface area (Å²) in [6.45, 7) is 0. The van der Waals surface area contributed by atoms with E-state index in [9.17, 15) is 4.79 Å². The Balaban J connectivity index is 2.04. The van der Waals surface area contributed by atoms with Crippen LogP contribution in [0.15, 0.2) is 18.3 Å². The van der Waals surface area contributed by atoms with Crippen molar-refractivity contribution in [2.24, 2.45) is 5.73 Å². The lowest BCUT2D eigenvalue weighted by atomic mass is 10.1. The number of hydrogen-bond donors (Lipinski definition) is 1. The predicted molar refractivity (Wildman–Crippen MR) is 70.8 cm³/mol. The Bertz CT molecular complexity index is 430. The van der Waals surface area contributed by atoms with Gasteiger partial charge in [0.25, 0.3) is 0 Å². The number of nitrogens with two attached hydrogens (primary N) is 1. The summed E-state index contributed by atoms with van der Waals surface area (Å²) < 4.78 is 10.5. The van der Waals surface area contributed by atoms with Crippen LogP contribution in [0.25, 0.3) is 0 Å². The second kappa shape index (κ2) is 6.52. The first-order valence-electron chi connectivity index (χ1n) is 6.64. The minimum absolute atomic E-state index is 0.239. The Kier molecular flexibility index (Phi) is 4.74. The smallest absolute Gasteiger partial charge is 0.322 e. The van der Waals surface area contributed by atoms with E-state index in [1.165, 1.54) is 20.0 Å². The minimum Gasteiger partial charge on any atom is -0.474 e. The van der Waals surface area contributed by atoms with E-state index < -0.39 is 12.0 Å². The highest BCUT2D eigenvalue weighted by Crippen LogP contribution is 2.25. The zero-order chi connectivity index (χ0) is 13.7. The third-order valence-corrected chi connectivity index (χ3v) is 3.37. The van der Waals surface area contributed by atoms with Gasteiger partial charge in [-0.3, -0.25) is 4.79 Å². The summed E-state index contributed by atoms with van der Waals surface area (Å²) in [4.78, 5) is 15.6. The molecule has 104 valence electrons. The van der Waals surface area contributed by atoms with Gasteiger partial charge >= 0.3 is 5.97 Å². The maximum atomic E-state index is 11.4. The van der Waals surface area contributed by atoms with Gasteiger partial charge in [0.05, 0.1) is 7.11 Å². The van der Waals surface area contributed by atoms with E-state index in [0.29, 0.717) is 12.3 Å². The van der Waals surface area contributed by atoms with Crippen molar-refractivity contribution in [2.45, 2.75) is 44.2 Å². The first-order valence-corrected chi connectivity index (χ1v) is 6.64. The molecule has 1 heterocycles. The van der Waals surface area contributed by atoms with Crippen LogP contribution in [0.5, 0.6) is 5.88 Å². The van der Waals surface area contributed by atoms with Crippen molar-refractivity contribution in [1.29, 1.82) is 0 Å². The molecule has 0 aromatic carbocycles. The van der Waals surface area contributed by atoms with E-state index in [-0.39, 0.29) is 6.10 Å². The highest BCUT2D eigenvalue weighted by Gasteiger charge is 2.21. The normalized spacial score (nSPS) is 17.2. The van der Waals surface area contributed by atoms with E-state index in [1.54, 1.807) is 6.20 Å². The molecule has 0 amide bonds. The van der Waals surface area contributed by atoms with E-state index in [1.807, 2.05) is 12.1 Å². The number of nitrogens with zero attached hydrogens (tertiary/aromatic N) is 1. The zero-order valence-electron chi connectivity index (χ0n) is 11.2. The molecule has 0 saturated heterocycles. The van der Waals surface area contributed by atoms with Crippen LogP contribution in [0, 0.1) is 0 Å². The number of methoxy groups -OCH3 is 1. The molecule has 5 nitrogen and oxygen atoms in total. The molecule has 5 heteroatoms. The average molecular weight is 264 g/mol. The maximum Gasteiger partial charge on any atom is 0.322 e. The van der Waals surface area contributed by atoms with Crippen LogP contribution in [0.1, 0.15) is 31.2 Å². The number of carbonyl (C=O) groups excluding carboxylic acids is 1. The first-order chi connectivity index (χ1) is 9.20. The van der Waals surface area contributed by atoms with Crippen LogP contribution in [0.4, 0.5) is 0 Å². The van der Waals surface area contributed by atoms with Crippen molar-refractivity contribution in [3.05, 3.63) is 23.9 Å². The molecule has 0 bridgehead atoms. The van der Waals surface area contributed by atoms with Gasteiger partial charge in [-0.15, -0.1) is 0 Å². The number of esters is 1. The van der Waals surface area contributed by atoms with Gasteiger partial charge in [0.2, 0.25) is 5.88 Å². The summed E-state index contributed by atoms with van der Waals surface area (Å²) in [6, 6.07) is 3.03. The van der Waals surface area contributed by atoms with Gasteiger partial charge in [0, 0.05) is 18.2 Å². The fourth-order valence-electron chi connectivity index (χ4n) is 2.32. The second-order valence-electron chi connectivity index (χ2n) is 4.83. The molecule has 1 atom stereocenters. The first kappa shape index (κ1) is 13.8. The van der Waals surface area contributed by atoms with Gasteiger partial charge < -0.3 is 15.2 Å². The van der Waals surface area contributed by atoms with E-state index in [0.717, 1.165) is 18.4 Å². The molecule has 1 unspecified atom stereocenters. The summed E-state index contributed by atoms with van der Waals surface area (Å²) in [7, 11) is 1.33. The summed E-state index contributed by atoms with van der Waals surface area (Å²) in [5.41, 5.74) is 6.63. The third kappa shape index (κ3) is 3.67. The topological polar surface area (TPSA) is 74.4 Å². The number of aromatic nitrogens is 1. The van der Waals surface area contributed by atoms with Crippen LogP contribution >= 0.6 is 0 Å². The standard InChI is InChI=1S/C14H20N2O3/c1-18-14(17)12(15)9-10-5-4-8-16-13(10)19-11-6-2-3-7-11/h4-5,8,11-12H,2-3,6-7,9,15H2,1H3. The Morgan fingerprint density at radius 2 is 2.26 bits per heavy atom. The van der Waals surface area contributed by atoms with Crippen molar-refractivity contribution in [3.63, 3.8) is 0 Å². The SMILES string of the molecule is COC(=O)C(N)Cc1cccnc1OC1CCCC1. The van der Waals surface area contributed by atoms with Gasteiger partial charge in [0.1, 0.15) is 12.1 Å². The molecular formula is C14H20N2O3. The summed E-state index contributed by atoms with van der Waals surface area (Å²) in [5, 5.41) is 0. The van der Waals surface area contributed by atoms with Crippen LogP contribution in [0.2, 0.25) is 0 Å². The lowest BCUT2D eigenvalue weighted by Gasteiger charge is -2.16. The molecule has 19 heavy (non-hydrogen) atoms. The molecule has 0 aliphatic heterocycles. The van der Waals surface area contributed by atoms with Gasteiger partial charge in [-0.2, -0.15) is 0 Å². The lowest BCUT2D eigenvalue weighted by Crippen LogP contribution is -2.34. The van der Waals surface area contributed by atoms with Gasteiger partial charge in [-0.1, -0.05) is 6.07 Å². The maximum absolute atomic E-state index is 11.4. The fourth-order valence-corrected chi connectivity index (χ4v) is 2.32. The molecule has 0 radical (unpaired) electrons. The predicted octanol–water partition coefficient (Wildman–Crippen LogP) is 1.45. The molecule has 1 aliphatic carbocycles. The second-order valence-corrected chi connectivity index (χ2v) is 4.83. The summed E-state index contributed by atoms with van der Waals surface area (Å²) in [6.07, 6.45) is 6.85. The molecular weight excluding hydrogens is 244 g/mol. The largest absolute Gasteiger partial charge is 0.474 e. The van der Waals surface area contributed by atoms with Crippen molar-refractivity contribution in [2.75, 3.05) is 7.11 Å². The van der Waals surface area contributed by atoms with Crippen LogP contribution in [-0.4, -0.2) is 30.2 Å². The molecule has 1 aliphatic rings. The number of carbonyl (C=O) groups is 1. The summed E-state index contributed by atoms with van der Waals surface area (Å²) >= 11 is 0. The van der Waals surface area contributed by atoms with Crippen molar-refractivity contribution >= 4 is 5.97 Å². The third-order valence-electron chi connectivity index (χ3n) is 3.37. The van der Waals surface area contributed by atoms with Crippen LogP contribution < -0.4 is 10.5 Å². The van der Waals surface area contributed by atoms with E-state index >= 15 is 0 Å². The van der Waals surface area contributed by atoms with E-state index in [2.05, 4.69) is 9.72 Å². The average Bonchev–Trinajstić information content (AvgIpc) is 2.93. The Morgan fingerprint density at radius 1 is 1.53 bits per heavy atom. The Labute approximate surface area is 113 Å². The van der Waals surface area contributed by atoms with Gasteiger partial charge in [-0.05, 0) is 31.7 Å². The number of hydrogen-bond acceptors (Lipinski definition) is 5. The fraction of sp³-hybridized carbons (Fsp3) is 0.571.